The lowest BCUT2D eigenvalue weighted by molar-refractivity contribution is 0.151. The van der Waals surface area contributed by atoms with Gasteiger partial charge in [0.25, 0.3) is 0 Å². The Kier molecular flexibility index (Phi) is 5.22. The smallest absolute Gasteiger partial charge is 0.319 e. The second-order valence-electron chi connectivity index (χ2n) is 6.01. The zero-order chi connectivity index (χ0) is 15.6. The van der Waals surface area contributed by atoms with Gasteiger partial charge in [-0.3, -0.25) is 0 Å². The van der Waals surface area contributed by atoms with Gasteiger partial charge in [-0.05, 0) is 33.6 Å². The van der Waals surface area contributed by atoms with Crippen LogP contribution in [0.4, 0.5) is 4.79 Å². The predicted octanol–water partition coefficient (Wildman–Crippen LogP) is 2.56. The molecule has 5 nitrogen and oxygen atoms in total. The highest BCUT2D eigenvalue weighted by Crippen LogP contribution is 2.26. The molecule has 1 unspecified atom stereocenters. The fraction of sp³-hybridized carbons (Fsp3) is 0.733. The van der Waals surface area contributed by atoms with E-state index < -0.39 is 0 Å². The number of likely N-dealkylation sites (tertiary alicyclic amines) is 1. The van der Waals surface area contributed by atoms with Gasteiger partial charge < -0.3 is 15.1 Å². The van der Waals surface area contributed by atoms with Crippen molar-refractivity contribution >= 4 is 17.4 Å². The second kappa shape index (κ2) is 6.75. The summed E-state index contributed by atoms with van der Waals surface area (Å²) in [7, 11) is 3.62. The van der Waals surface area contributed by atoms with Crippen molar-refractivity contribution in [1.82, 2.24) is 20.1 Å². The third kappa shape index (κ3) is 3.95. The van der Waals surface area contributed by atoms with Crippen molar-refractivity contribution in [2.75, 3.05) is 27.2 Å². The van der Waals surface area contributed by atoms with E-state index in [-0.39, 0.29) is 6.03 Å². The highest BCUT2D eigenvalue weighted by Gasteiger charge is 2.25. The summed E-state index contributed by atoms with van der Waals surface area (Å²) in [6.07, 6.45) is 2.03. The molecule has 2 rings (SSSR count). The minimum Gasteiger partial charge on any atom is -0.331 e. The fourth-order valence-electron chi connectivity index (χ4n) is 2.90. The maximum atomic E-state index is 11.9. The molecule has 1 aliphatic heterocycles. The number of amides is 2. The molecule has 2 amide bonds. The summed E-state index contributed by atoms with van der Waals surface area (Å²) in [6, 6.07) is 0.931. The number of hydrogen-bond acceptors (Lipinski definition) is 4. The average Bonchev–Trinajstić information content (AvgIpc) is 2.77. The van der Waals surface area contributed by atoms with Crippen LogP contribution in [0.15, 0.2) is 0 Å². The molecule has 1 aromatic rings. The molecule has 1 saturated heterocycles. The number of aromatic nitrogens is 1. The average molecular weight is 310 g/mol. The number of hydrogen-bond donors (Lipinski definition) is 1. The Hall–Kier alpha value is -1.14. The largest absolute Gasteiger partial charge is 0.331 e. The van der Waals surface area contributed by atoms with Crippen LogP contribution in [0.3, 0.4) is 0 Å². The van der Waals surface area contributed by atoms with Crippen molar-refractivity contribution < 1.29 is 4.79 Å². The first-order valence-electron chi connectivity index (χ1n) is 7.54. The number of thiazole rings is 1. The minimum atomic E-state index is 0.121. The van der Waals surface area contributed by atoms with Crippen LogP contribution in [-0.4, -0.2) is 54.0 Å². The van der Waals surface area contributed by atoms with E-state index in [1.165, 1.54) is 4.88 Å². The van der Waals surface area contributed by atoms with Gasteiger partial charge in [0.2, 0.25) is 0 Å². The van der Waals surface area contributed by atoms with E-state index in [9.17, 15) is 4.79 Å². The van der Waals surface area contributed by atoms with E-state index in [4.69, 9.17) is 0 Å². The number of nitrogens with one attached hydrogen (secondary N) is 1. The molecule has 0 saturated carbocycles. The quantitative estimate of drug-likeness (QED) is 0.933. The zero-order valence-electron chi connectivity index (χ0n) is 13.6. The van der Waals surface area contributed by atoms with Gasteiger partial charge in [-0.1, -0.05) is 0 Å². The van der Waals surface area contributed by atoms with Crippen molar-refractivity contribution in [3.05, 3.63) is 15.6 Å². The van der Waals surface area contributed by atoms with Gasteiger partial charge in [0.15, 0.2) is 0 Å². The molecule has 6 heteroatoms. The van der Waals surface area contributed by atoms with Gasteiger partial charge in [0.05, 0.1) is 10.7 Å². The van der Waals surface area contributed by atoms with Crippen LogP contribution in [0.25, 0.3) is 0 Å². The van der Waals surface area contributed by atoms with Gasteiger partial charge in [-0.2, -0.15) is 0 Å². The molecule has 21 heavy (non-hydrogen) atoms. The summed E-state index contributed by atoms with van der Waals surface area (Å²) in [4.78, 5) is 21.3. The van der Waals surface area contributed by atoms with Gasteiger partial charge in [-0.15, -0.1) is 11.3 Å². The molecule has 0 aromatic carbocycles. The lowest BCUT2D eigenvalue weighted by Gasteiger charge is -2.35. The Balaban J connectivity index is 1.86. The van der Waals surface area contributed by atoms with E-state index in [1.54, 1.807) is 16.2 Å². The first-order chi connectivity index (χ1) is 9.88. The molecule has 1 fully saturated rings. The van der Waals surface area contributed by atoms with Crippen molar-refractivity contribution in [2.45, 2.75) is 45.7 Å². The van der Waals surface area contributed by atoms with E-state index in [2.05, 4.69) is 31.1 Å². The van der Waals surface area contributed by atoms with Crippen LogP contribution >= 0.6 is 11.3 Å². The molecule has 0 aliphatic carbocycles. The van der Waals surface area contributed by atoms with Crippen LogP contribution in [0.2, 0.25) is 0 Å². The van der Waals surface area contributed by atoms with Crippen molar-refractivity contribution in [3.63, 3.8) is 0 Å². The van der Waals surface area contributed by atoms with Gasteiger partial charge in [0, 0.05) is 44.1 Å². The fourth-order valence-corrected chi connectivity index (χ4v) is 3.84. The van der Waals surface area contributed by atoms with Crippen LogP contribution in [-0.2, 0) is 0 Å². The normalized spacial score (nSPS) is 17.9. The second-order valence-corrected chi connectivity index (χ2v) is 7.24. The van der Waals surface area contributed by atoms with E-state index in [1.807, 2.05) is 19.0 Å². The summed E-state index contributed by atoms with van der Waals surface area (Å²) < 4.78 is 0. The third-order valence-corrected chi connectivity index (χ3v) is 5.22. The standard InChI is InChI=1S/C15H26N4OS/c1-10-14(21-12(3)16-10)11(2)17-13-6-8-19(9-7-13)15(20)18(4)5/h11,13,17H,6-9H2,1-5H3. The molecule has 1 N–H and O–H groups in total. The zero-order valence-corrected chi connectivity index (χ0v) is 14.5. The molecular formula is C15H26N4OS. The summed E-state index contributed by atoms with van der Waals surface area (Å²) in [5.74, 6) is 0. The van der Waals surface area contributed by atoms with Crippen molar-refractivity contribution in [2.24, 2.45) is 0 Å². The maximum Gasteiger partial charge on any atom is 0.319 e. The maximum absolute atomic E-state index is 11.9. The molecular weight excluding hydrogens is 284 g/mol. The van der Waals surface area contributed by atoms with Gasteiger partial charge in [-0.25, -0.2) is 9.78 Å². The highest BCUT2D eigenvalue weighted by molar-refractivity contribution is 7.11. The Bertz CT molecular complexity index is 492. The van der Waals surface area contributed by atoms with Crippen LogP contribution in [0.5, 0.6) is 0 Å². The number of nitrogens with zero attached hydrogens (tertiary/aromatic N) is 3. The Morgan fingerprint density at radius 3 is 2.48 bits per heavy atom. The summed E-state index contributed by atoms with van der Waals surface area (Å²) in [5.41, 5.74) is 1.14. The van der Waals surface area contributed by atoms with Crippen molar-refractivity contribution in [1.29, 1.82) is 0 Å². The SMILES string of the molecule is Cc1nc(C)c(C(C)NC2CCN(C(=O)N(C)C)CC2)s1. The van der Waals surface area contributed by atoms with Crippen LogP contribution in [0.1, 0.15) is 41.4 Å². The topological polar surface area (TPSA) is 48.5 Å². The van der Waals surface area contributed by atoms with Crippen LogP contribution in [0, 0.1) is 13.8 Å². The number of carbonyl (C=O) groups excluding carboxylic acids is 1. The van der Waals surface area contributed by atoms with Crippen LogP contribution < -0.4 is 5.32 Å². The molecule has 0 bridgehead atoms. The monoisotopic (exact) mass is 310 g/mol. The number of aryl methyl sites for hydroxylation is 2. The Labute approximate surface area is 131 Å². The molecule has 118 valence electrons. The Morgan fingerprint density at radius 1 is 1.38 bits per heavy atom. The Morgan fingerprint density at radius 2 is 2.00 bits per heavy atom. The molecule has 2 heterocycles. The molecule has 1 aliphatic rings. The van der Waals surface area contributed by atoms with E-state index in [0.29, 0.717) is 12.1 Å². The molecule has 0 spiro atoms. The molecule has 0 radical (unpaired) electrons. The molecule has 1 atom stereocenters. The summed E-state index contributed by atoms with van der Waals surface area (Å²) >= 11 is 1.78. The van der Waals surface area contributed by atoms with Gasteiger partial charge >= 0.3 is 6.03 Å². The van der Waals surface area contributed by atoms with Gasteiger partial charge in [0.1, 0.15) is 0 Å². The number of rotatable bonds is 3. The number of carbonyl (C=O) groups is 1. The first kappa shape index (κ1) is 16.2. The summed E-state index contributed by atoms with van der Waals surface area (Å²) in [5, 5.41) is 4.82. The lowest BCUT2D eigenvalue weighted by atomic mass is 10.0. The number of piperidine rings is 1. The number of urea groups is 1. The first-order valence-corrected chi connectivity index (χ1v) is 8.36. The third-order valence-electron chi connectivity index (χ3n) is 3.97. The predicted molar refractivity (Wildman–Crippen MR) is 86.8 cm³/mol. The lowest BCUT2D eigenvalue weighted by Crippen LogP contribution is -2.48. The minimum absolute atomic E-state index is 0.121. The van der Waals surface area contributed by atoms with E-state index in [0.717, 1.165) is 36.6 Å². The van der Waals surface area contributed by atoms with E-state index >= 15 is 0 Å². The van der Waals surface area contributed by atoms with Crippen molar-refractivity contribution in [3.8, 4) is 0 Å². The highest BCUT2D eigenvalue weighted by atomic mass is 32.1. The molecule has 1 aromatic heterocycles. The summed E-state index contributed by atoms with van der Waals surface area (Å²) in [6.45, 7) is 8.01.